The van der Waals surface area contributed by atoms with Crippen molar-refractivity contribution in [3.05, 3.63) is 57.7 Å². The van der Waals surface area contributed by atoms with Crippen LogP contribution in [0.1, 0.15) is 41.9 Å². The van der Waals surface area contributed by atoms with Gasteiger partial charge in [0, 0.05) is 23.7 Å². The Morgan fingerprint density at radius 3 is 2.81 bits per heavy atom. The Morgan fingerprint density at radius 1 is 1.28 bits per heavy atom. The fourth-order valence-electron chi connectivity index (χ4n) is 5.07. The van der Waals surface area contributed by atoms with Crippen LogP contribution in [0, 0.1) is 18.3 Å². The number of nitrogen functional groups attached to an aromatic ring is 1. The molecule has 2 aromatic carbocycles. The lowest BCUT2D eigenvalue weighted by molar-refractivity contribution is -0.00909. The van der Waals surface area contributed by atoms with Crippen LogP contribution in [-0.4, -0.2) is 45.4 Å². The van der Waals surface area contributed by atoms with Crippen LogP contribution in [0.25, 0.3) is 33.1 Å². The van der Waals surface area contributed by atoms with E-state index in [0.717, 1.165) is 40.4 Å². The zero-order chi connectivity index (χ0) is 25.1. The van der Waals surface area contributed by atoms with Crippen LogP contribution in [0.4, 0.5) is 10.5 Å². The number of nitriles is 1. The maximum Gasteiger partial charge on any atom is 0.408 e. The lowest BCUT2D eigenvalue weighted by atomic mass is 9.95. The van der Waals surface area contributed by atoms with Crippen LogP contribution in [-0.2, 0) is 4.74 Å². The number of pyridine rings is 1. The van der Waals surface area contributed by atoms with E-state index in [4.69, 9.17) is 14.9 Å². The van der Waals surface area contributed by atoms with E-state index < -0.39 is 12.1 Å². The standard InChI is InChI=1S/C26H23N5O5/c1-13-17(14-2-7-19(28)15(10-14)11-27)5-6-18-22(13)31(16-3-4-16)25(32)21-23(18)36-24(29-21)20-12-35-9-8-30(20)26(33)34/h2,5-7,10,16,20H,3-4,8-9,12,28H2,1H3,(H,33,34)/t20-/m0/s1. The number of morpholine rings is 1. The monoisotopic (exact) mass is 485 g/mol. The number of oxazole rings is 1. The molecule has 2 aliphatic rings. The van der Waals surface area contributed by atoms with Gasteiger partial charge in [0.1, 0.15) is 12.1 Å². The van der Waals surface area contributed by atoms with Gasteiger partial charge in [-0.2, -0.15) is 5.26 Å². The number of aryl methyl sites for hydroxylation is 1. The van der Waals surface area contributed by atoms with Crippen molar-refractivity contribution in [2.24, 2.45) is 0 Å². The van der Waals surface area contributed by atoms with Crippen molar-refractivity contribution in [3.8, 4) is 17.2 Å². The molecule has 1 atom stereocenters. The van der Waals surface area contributed by atoms with Crippen molar-refractivity contribution in [2.75, 3.05) is 25.5 Å². The van der Waals surface area contributed by atoms with Crippen LogP contribution in [0.3, 0.4) is 0 Å². The molecule has 2 aromatic heterocycles. The fourth-order valence-corrected chi connectivity index (χ4v) is 5.07. The minimum absolute atomic E-state index is 0.0631. The third-order valence-corrected chi connectivity index (χ3v) is 7.04. The largest absolute Gasteiger partial charge is 0.465 e. The third-order valence-electron chi connectivity index (χ3n) is 7.04. The van der Waals surface area contributed by atoms with Gasteiger partial charge < -0.3 is 24.6 Å². The smallest absolute Gasteiger partial charge is 0.408 e. The summed E-state index contributed by atoms with van der Waals surface area (Å²) >= 11 is 0. The Morgan fingerprint density at radius 2 is 2.08 bits per heavy atom. The summed E-state index contributed by atoms with van der Waals surface area (Å²) in [6.07, 6.45) is 0.684. The summed E-state index contributed by atoms with van der Waals surface area (Å²) in [5, 5.41) is 19.8. The van der Waals surface area contributed by atoms with E-state index >= 15 is 0 Å². The number of amides is 1. The van der Waals surface area contributed by atoms with Gasteiger partial charge in [-0.25, -0.2) is 9.78 Å². The van der Waals surface area contributed by atoms with Crippen molar-refractivity contribution in [2.45, 2.75) is 31.8 Å². The van der Waals surface area contributed by atoms with E-state index in [1.165, 1.54) is 4.90 Å². The molecule has 0 unspecified atom stereocenters. The summed E-state index contributed by atoms with van der Waals surface area (Å²) in [4.78, 5) is 31.2. The predicted molar refractivity (Wildman–Crippen MR) is 132 cm³/mol. The first-order chi connectivity index (χ1) is 17.4. The molecule has 1 amide bonds. The third kappa shape index (κ3) is 3.31. The summed E-state index contributed by atoms with van der Waals surface area (Å²) in [5.74, 6) is 0.151. The topological polar surface area (TPSA) is 148 Å². The highest BCUT2D eigenvalue weighted by molar-refractivity contribution is 6.04. The van der Waals surface area contributed by atoms with Crippen molar-refractivity contribution in [1.82, 2.24) is 14.5 Å². The number of hydrogen-bond acceptors (Lipinski definition) is 7. The van der Waals surface area contributed by atoms with Crippen molar-refractivity contribution < 1.29 is 19.1 Å². The second kappa shape index (κ2) is 8.10. The molecule has 6 rings (SSSR count). The quantitative estimate of drug-likeness (QED) is 0.414. The van der Waals surface area contributed by atoms with Gasteiger partial charge in [0.2, 0.25) is 5.89 Å². The van der Waals surface area contributed by atoms with Gasteiger partial charge in [0.15, 0.2) is 11.1 Å². The number of benzene rings is 2. The number of carbonyl (C=O) groups is 1. The van der Waals surface area contributed by atoms with Crippen LogP contribution in [0.15, 0.2) is 39.5 Å². The molecule has 1 aliphatic heterocycles. The number of hydrogen-bond donors (Lipinski definition) is 2. The van der Waals surface area contributed by atoms with Gasteiger partial charge in [-0.05, 0) is 54.7 Å². The summed E-state index contributed by atoms with van der Waals surface area (Å²) in [6.45, 7) is 2.54. The maximum absolute atomic E-state index is 13.7. The first-order valence-electron chi connectivity index (χ1n) is 11.7. The number of aromatic nitrogens is 2. The number of fused-ring (bicyclic) bond motifs is 3. The van der Waals surface area contributed by atoms with Gasteiger partial charge in [0.05, 0.1) is 24.3 Å². The highest BCUT2D eigenvalue weighted by atomic mass is 16.5. The SMILES string of the molecule is Cc1c(-c2ccc(N)c(C#N)c2)ccc2c3oc([C@@H]4COCCN4C(=O)O)nc3c(=O)n(C3CC3)c12. The summed E-state index contributed by atoms with van der Waals surface area (Å²) < 4.78 is 13.4. The molecule has 0 radical (unpaired) electrons. The predicted octanol–water partition coefficient (Wildman–Crippen LogP) is 3.96. The Balaban J connectivity index is 1.60. The molecule has 182 valence electrons. The van der Waals surface area contributed by atoms with Crippen molar-refractivity contribution >= 4 is 33.8 Å². The molecule has 1 saturated carbocycles. The Labute approximate surface area is 205 Å². The van der Waals surface area contributed by atoms with Crippen LogP contribution >= 0.6 is 0 Å². The number of rotatable bonds is 3. The van der Waals surface area contributed by atoms with Crippen LogP contribution in [0.5, 0.6) is 0 Å². The number of carboxylic acid groups (broad SMARTS) is 1. The molecule has 3 N–H and O–H groups in total. The molecule has 1 aliphatic carbocycles. The van der Waals surface area contributed by atoms with E-state index in [1.807, 2.05) is 25.1 Å². The molecule has 10 heteroatoms. The van der Waals surface area contributed by atoms with E-state index in [1.54, 1.807) is 16.7 Å². The molecule has 0 bridgehead atoms. The maximum atomic E-state index is 13.7. The lowest BCUT2D eigenvalue weighted by Crippen LogP contribution is -2.42. The molecular formula is C26H23N5O5. The van der Waals surface area contributed by atoms with E-state index in [9.17, 15) is 20.0 Å². The average molecular weight is 486 g/mol. The summed E-state index contributed by atoms with van der Waals surface area (Å²) in [5.41, 5.74) is 10.3. The number of anilines is 1. The molecule has 10 nitrogen and oxygen atoms in total. The lowest BCUT2D eigenvalue weighted by Gasteiger charge is -2.31. The minimum atomic E-state index is -1.09. The van der Waals surface area contributed by atoms with E-state index in [0.29, 0.717) is 23.4 Å². The normalized spacial score (nSPS) is 18.0. The number of nitrogens with two attached hydrogens (primary N) is 1. The van der Waals surface area contributed by atoms with E-state index in [2.05, 4.69) is 11.1 Å². The Bertz CT molecular complexity index is 1660. The van der Waals surface area contributed by atoms with Crippen molar-refractivity contribution in [1.29, 1.82) is 5.26 Å². The van der Waals surface area contributed by atoms with Crippen LogP contribution < -0.4 is 11.3 Å². The first kappa shape index (κ1) is 22.1. The highest BCUT2D eigenvalue weighted by Gasteiger charge is 2.35. The zero-order valence-corrected chi connectivity index (χ0v) is 19.5. The van der Waals surface area contributed by atoms with Gasteiger partial charge in [-0.3, -0.25) is 9.69 Å². The molecular weight excluding hydrogens is 462 g/mol. The minimum Gasteiger partial charge on any atom is -0.465 e. The highest BCUT2D eigenvalue weighted by Crippen LogP contribution is 2.41. The Kier molecular flexibility index (Phi) is 4.98. The molecule has 3 heterocycles. The molecule has 1 saturated heterocycles. The average Bonchev–Trinajstić information content (AvgIpc) is 3.61. The molecule has 4 aromatic rings. The second-order valence-corrected chi connectivity index (χ2v) is 9.25. The van der Waals surface area contributed by atoms with Gasteiger partial charge in [-0.15, -0.1) is 0 Å². The molecule has 36 heavy (non-hydrogen) atoms. The summed E-state index contributed by atoms with van der Waals surface area (Å²) in [6, 6.07) is 10.6. The number of ether oxygens (including phenoxy) is 1. The van der Waals surface area contributed by atoms with Gasteiger partial charge >= 0.3 is 6.09 Å². The van der Waals surface area contributed by atoms with Gasteiger partial charge in [-0.1, -0.05) is 12.1 Å². The number of nitrogens with zero attached hydrogens (tertiary/aromatic N) is 4. The molecule has 2 fully saturated rings. The molecule has 0 spiro atoms. The first-order valence-corrected chi connectivity index (χ1v) is 11.7. The van der Waals surface area contributed by atoms with E-state index in [-0.39, 0.29) is 36.2 Å². The second-order valence-electron chi connectivity index (χ2n) is 9.25. The Hall–Kier alpha value is -4.36. The van der Waals surface area contributed by atoms with Crippen molar-refractivity contribution in [3.63, 3.8) is 0 Å². The zero-order valence-electron chi connectivity index (χ0n) is 19.5. The summed E-state index contributed by atoms with van der Waals surface area (Å²) in [7, 11) is 0. The van der Waals surface area contributed by atoms with Crippen LogP contribution in [0.2, 0.25) is 0 Å². The van der Waals surface area contributed by atoms with Gasteiger partial charge in [0.25, 0.3) is 5.56 Å². The fraction of sp³-hybridized carbons (Fsp3) is 0.308.